The van der Waals surface area contributed by atoms with Gasteiger partial charge in [0.05, 0.1) is 4.34 Å². The lowest BCUT2D eigenvalue weighted by Crippen LogP contribution is -2.02. The van der Waals surface area contributed by atoms with Gasteiger partial charge >= 0.3 is 0 Å². The van der Waals surface area contributed by atoms with Gasteiger partial charge in [-0.1, -0.05) is 57.9 Å². The Labute approximate surface area is 113 Å². The Bertz CT molecular complexity index is 438. The predicted molar refractivity (Wildman–Crippen MR) is 76.0 cm³/mol. The van der Waals surface area contributed by atoms with Gasteiger partial charge < -0.3 is 0 Å². The summed E-state index contributed by atoms with van der Waals surface area (Å²) in [7, 11) is 0. The van der Waals surface area contributed by atoms with E-state index in [0.29, 0.717) is 5.92 Å². The van der Waals surface area contributed by atoms with Crippen LogP contribution in [0.3, 0.4) is 0 Å². The third-order valence-corrected chi connectivity index (χ3v) is 4.57. The molecule has 0 radical (unpaired) electrons. The fraction of sp³-hybridized carbons (Fsp3) is 0.231. The van der Waals surface area contributed by atoms with Crippen molar-refractivity contribution in [2.24, 2.45) is 0 Å². The number of benzene rings is 1. The molecule has 0 fully saturated rings. The summed E-state index contributed by atoms with van der Waals surface area (Å²) in [6, 6.07) is 14.7. The minimum atomic E-state index is 0.524. The van der Waals surface area contributed by atoms with Gasteiger partial charge in [0.15, 0.2) is 0 Å². The zero-order chi connectivity index (χ0) is 11.4. The van der Waals surface area contributed by atoms with Gasteiger partial charge in [0.2, 0.25) is 0 Å². The van der Waals surface area contributed by atoms with Crippen LogP contribution < -0.4 is 0 Å². The van der Waals surface area contributed by atoms with E-state index in [9.17, 15) is 0 Å². The zero-order valence-corrected chi connectivity index (χ0v) is 11.9. The van der Waals surface area contributed by atoms with E-state index in [1.807, 2.05) is 6.07 Å². The fourth-order valence-electron chi connectivity index (χ4n) is 1.69. The van der Waals surface area contributed by atoms with Crippen molar-refractivity contribution in [1.82, 2.24) is 0 Å². The molecule has 84 valence electrons. The van der Waals surface area contributed by atoms with Crippen molar-refractivity contribution in [3.8, 4) is 0 Å². The first-order valence-corrected chi connectivity index (χ1v) is 7.46. The molecule has 0 aliphatic carbocycles. The van der Waals surface area contributed by atoms with Gasteiger partial charge in [-0.25, -0.2) is 0 Å². The highest BCUT2D eigenvalue weighted by Crippen LogP contribution is 2.28. The maximum atomic E-state index is 5.94. The Morgan fingerprint density at radius 1 is 1.12 bits per heavy atom. The van der Waals surface area contributed by atoms with E-state index in [-0.39, 0.29) is 0 Å². The summed E-state index contributed by atoms with van der Waals surface area (Å²) in [6.07, 6.45) is 1.05. The molecule has 0 saturated heterocycles. The summed E-state index contributed by atoms with van der Waals surface area (Å²) in [6.45, 7) is 0. The molecule has 0 aliphatic rings. The maximum Gasteiger partial charge on any atom is 0.0931 e. The summed E-state index contributed by atoms with van der Waals surface area (Å²) in [5.41, 5.74) is 1.38. The molecule has 3 heteroatoms. The predicted octanol–water partition coefficient (Wildman–Crippen LogP) is 5.12. The lowest BCUT2D eigenvalue weighted by atomic mass is 9.97. The number of thiophene rings is 1. The molecule has 16 heavy (non-hydrogen) atoms. The maximum absolute atomic E-state index is 5.94. The van der Waals surface area contributed by atoms with Gasteiger partial charge in [-0.3, -0.25) is 0 Å². The van der Waals surface area contributed by atoms with Crippen LogP contribution in [0, 0.1) is 0 Å². The van der Waals surface area contributed by atoms with Crippen LogP contribution in [0.2, 0.25) is 4.34 Å². The number of alkyl halides is 1. The lowest BCUT2D eigenvalue weighted by molar-refractivity contribution is 0.786. The Kier molecular flexibility index (Phi) is 4.45. The van der Waals surface area contributed by atoms with Crippen LogP contribution in [-0.4, -0.2) is 5.33 Å². The summed E-state index contributed by atoms with van der Waals surface area (Å²) >= 11 is 11.2. The summed E-state index contributed by atoms with van der Waals surface area (Å²) < 4.78 is 0.872. The number of hydrogen-bond donors (Lipinski definition) is 0. The molecule has 2 aromatic rings. The number of halogens is 2. The van der Waals surface area contributed by atoms with Gasteiger partial charge in [-0.05, 0) is 30.0 Å². The van der Waals surface area contributed by atoms with Crippen molar-refractivity contribution >= 4 is 38.9 Å². The molecule has 1 heterocycles. The monoisotopic (exact) mass is 314 g/mol. The van der Waals surface area contributed by atoms with Crippen molar-refractivity contribution < 1.29 is 0 Å². The summed E-state index contributed by atoms with van der Waals surface area (Å²) in [5.74, 6) is 0.524. The second-order valence-corrected chi connectivity index (χ2v) is 6.12. The standard InChI is InChI=1S/C13H12BrClS/c14-9-11(10-4-2-1-3-5-10)8-12-6-7-13(15)16-12/h1-7,11H,8-9H2. The van der Waals surface area contributed by atoms with E-state index in [0.717, 1.165) is 16.1 Å². The van der Waals surface area contributed by atoms with Crippen LogP contribution in [0.25, 0.3) is 0 Å². The summed E-state index contributed by atoms with van der Waals surface area (Å²) in [4.78, 5) is 1.35. The Morgan fingerprint density at radius 3 is 2.44 bits per heavy atom. The van der Waals surface area contributed by atoms with E-state index in [4.69, 9.17) is 11.6 Å². The van der Waals surface area contributed by atoms with E-state index in [1.54, 1.807) is 11.3 Å². The first-order chi connectivity index (χ1) is 7.79. The Hall–Kier alpha value is -0.310. The second kappa shape index (κ2) is 5.85. The molecule has 0 amide bonds. The molecule has 0 bridgehead atoms. The largest absolute Gasteiger partial charge is 0.128 e. The third-order valence-electron chi connectivity index (χ3n) is 2.53. The van der Waals surface area contributed by atoms with Gasteiger partial charge in [0, 0.05) is 10.2 Å². The normalized spacial score (nSPS) is 12.6. The fourth-order valence-corrected chi connectivity index (χ4v) is 3.46. The average molecular weight is 316 g/mol. The zero-order valence-electron chi connectivity index (χ0n) is 8.70. The molecule has 0 spiro atoms. The van der Waals surface area contributed by atoms with E-state index < -0.39 is 0 Å². The molecular formula is C13H12BrClS. The minimum Gasteiger partial charge on any atom is -0.128 e. The molecule has 1 unspecified atom stereocenters. The molecule has 0 nitrogen and oxygen atoms in total. The molecule has 1 aromatic heterocycles. The quantitative estimate of drug-likeness (QED) is 0.687. The van der Waals surface area contributed by atoms with E-state index in [2.05, 4.69) is 52.3 Å². The van der Waals surface area contributed by atoms with Crippen LogP contribution in [0.5, 0.6) is 0 Å². The Balaban J connectivity index is 2.12. The molecule has 2 rings (SSSR count). The molecule has 1 atom stereocenters. The molecule has 0 saturated carbocycles. The van der Waals surface area contributed by atoms with Crippen LogP contribution in [0.4, 0.5) is 0 Å². The Morgan fingerprint density at radius 2 is 1.88 bits per heavy atom. The van der Waals surface area contributed by atoms with Crippen molar-refractivity contribution in [3.63, 3.8) is 0 Å². The second-order valence-electron chi connectivity index (χ2n) is 3.67. The molecule has 0 aliphatic heterocycles. The van der Waals surface area contributed by atoms with Crippen LogP contribution in [0.15, 0.2) is 42.5 Å². The van der Waals surface area contributed by atoms with Crippen molar-refractivity contribution in [3.05, 3.63) is 57.2 Å². The van der Waals surface area contributed by atoms with E-state index in [1.165, 1.54) is 10.4 Å². The van der Waals surface area contributed by atoms with Crippen LogP contribution in [0.1, 0.15) is 16.4 Å². The van der Waals surface area contributed by atoms with Gasteiger partial charge in [0.25, 0.3) is 0 Å². The topological polar surface area (TPSA) is 0 Å². The van der Waals surface area contributed by atoms with Crippen LogP contribution in [-0.2, 0) is 6.42 Å². The molecule has 0 N–H and O–H groups in total. The van der Waals surface area contributed by atoms with E-state index >= 15 is 0 Å². The van der Waals surface area contributed by atoms with Gasteiger partial charge in [-0.15, -0.1) is 11.3 Å². The molecule has 1 aromatic carbocycles. The highest BCUT2D eigenvalue weighted by molar-refractivity contribution is 9.09. The minimum absolute atomic E-state index is 0.524. The van der Waals surface area contributed by atoms with Gasteiger partial charge in [-0.2, -0.15) is 0 Å². The SMILES string of the molecule is Clc1ccc(CC(CBr)c2ccccc2)s1. The van der Waals surface area contributed by atoms with Crippen LogP contribution >= 0.6 is 38.9 Å². The first kappa shape index (κ1) is 12.2. The number of rotatable bonds is 4. The van der Waals surface area contributed by atoms with Crippen molar-refractivity contribution in [2.75, 3.05) is 5.33 Å². The smallest absolute Gasteiger partial charge is 0.0931 e. The van der Waals surface area contributed by atoms with Gasteiger partial charge in [0.1, 0.15) is 0 Å². The average Bonchev–Trinajstić information content (AvgIpc) is 2.73. The first-order valence-electron chi connectivity index (χ1n) is 5.14. The van der Waals surface area contributed by atoms with Crippen molar-refractivity contribution in [1.29, 1.82) is 0 Å². The summed E-state index contributed by atoms with van der Waals surface area (Å²) in [5, 5.41) is 0.979. The lowest BCUT2D eigenvalue weighted by Gasteiger charge is -2.13. The highest BCUT2D eigenvalue weighted by Gasteiger charge is 2.11. The third kappa shape index (κ3) is 3.09. The molecular weight excluding hydrogens is 304 g/mol. The highest BCUT2D eigenvalue weighted by atomic mass is 79.9. The number of hydrogen-bond acceptors (Lipinski definition) is 1. The van der Waals surface area contributed by atoms with Crippen molar-refractivity contribution in [2.45, 2.75) is 12.3 Å².